The minimum atomic E-state index is -0.498. The molecule has 0 amide bonds. The van der Waals surface area contributed by atoms with Gasteiger partial charge in [0.1, 0.15) is 18.2 Å². The molecule has 1 aliphatic carbocycles. The Balaban J connectivity index is 1.90. The zero-order valence-electron chi connectivity index (χ0n) is 12.0. The van der Waals surface area contributed by atoms with Crippen molar-refractivity contribution in [2.45, 2.75) is 51.2 Å². The third-order valence-corrected chi connectivity index (χ3v) is 3.98. The molecular formula is C16H24FNO2. The van der Waals surface area contributed by atoms with E-state index in [-0.39, 0.29) is 18.5 Å². The summed E-state index contributed by atoms with van der Waals surface area (Å²) in [4.78, 5) is 0. The molecule has 1 fully saturated rings. The van der Waals surface area contributed by atoms with Crippen LogP contribution in [0.3, 0.4) is 0 Å². The van der Waals surface area contributed by atoms with Gasteiger partial charge in [0.25, 0.3) is 0 Å². The lowest BCUT2D eigenvalue weighted by Crippen LogP contribution is -2.21. The second-order valence-corrected chi connectivity index (χ2v) is 5.82. The maximum atomic E-state index is 13.3. The Labute approximate surface area is 119 Å². The average Bonchev–Trinajstić information content (AvgIpc) is 2.89. The summed E-state index contributed by atoms with van der Waals surface area (Å²) in [5, 5.41) is 10.0. The Hall–Kier alpha value is -1.13. The Kier molecular flexibility index (Phi) is 5.38. The van der Waals surface area contributed by atoms with Crippen molar-refractivity contribution >= 4 is 0 Å². The zero-order valence-corrected chi connectivity index (χ0v) is 12.0. The fourth-order valence-corrected chi connectivity index (χ4v) is 2.89. The number of aliphatic hydroxyl groups is 1. The van der Waals surface area contributed by atoms with Crippen LogP contribution >= 0.6 is 0 Å². The molecule has 0 saturated heterocycles. The molecule has 0 aliphatic heterocycles. The van der Waals surface area contributed by atoms with Crippen LogP contribution in [0, 0.1) is 11.7 Å². The van der Waals surface area contributed by atoms with E-state index in [2.05, 4.69) is 0 Å². The van der Waals surface area contributed by atoms with Gasteiger partial charge in [-0.15, -0.1) is 0 Å². The van der Waals surface area contributed by atoms with Gasteiger partial charge in [0.05, 0.1) is 6.10 Å². The summed E-state index contributed by atoms with van der Waals surface area (Å²) in [5.41, 5.74) is 6.60. The molecule has 2 atom stereocenters. The Morgan fingerprint density at radius 1 is 1.40 bits per heavy atom. The molecule has 112 valence electrons. The standard InChI is InChI=1S/C16H24FNO2/c1-11(18)15-7-6-13(17)9-16(15)20-10-14(19)8-12-4-2-3-5-12/h6-7,9,11-12,14,19H,2-5,8,10,18H2,1H3/t11-,14?/m0/s1. The number of hydrogen-bond donors (Lipinski definition) is 2. The molecule has 1 aromatic rings. The first-order valence-electron chi connectivity index (χ1n) is 7.42. The van der Waals surface area contributed by atoms with Gasteiger partial charge >= 0.3 is 0 Å². The van der Waals surface area contributed by atoms with Gasteiger partial charge < -0.3 is 15.6 Å². The Bertz CT molecular complexity index is 430. The van der Waals surface area contributed by atoms with Gasteiger partial charge in [0.15, 0.2) is 0 Å². The summed E-state index contributed by atoms with van der Waals surface area (Å²) < 4.78 is 18.9. The van der Waals surface area contributed by atoms with Gasteiger partial charge in [-0.1, -0.05) is 31.7 Å². The smallest absolute Gasteiger partial charge is 0.127 e. The first-order chi connectivity index (χ1) is 9.56. The third-order valence-electron chi connectivity index (χ3n) is 3.98. The van der Waals surface area contributed by atoms with Gasteiger partial charge in [0.2, 0.25) is 0 Å². The van der Waals surface area contributed by atoms with E-state index in [4.69, 9.17) is 10.5 Å². The Morgan fingerprint density at radius 2 is 2.10 bits per heavy atom. The summed E-state index contributed by atoms with van der Waals surface area (Å²) in [6.45, 7) is 2.02. The van der Waals surface area contributed by atoms with Crippen LogP contribution < -0.4 is 10.5 Å². The fourth-order valence-electron chi connectivity index (χ4n) is 2.89. The number of ether oxygens (including phenoxy) is 1. The number of benzene rings is 1. The molecule has 3 nitrogen and oxygen atoms in total. The SMILES string of the molecule is C[C@H](N)c1ccc(F)cc1OCC(O)CC1CCCC1. The van der Waals surface area contributed by atoms with Crippen LogP contribution in [0.1, 0.15) is 50.6 Å². The first kappa shape index (κ1) is 15.3. The molecule has 20 heavy (non-hydrogen) atoms. The highest BCUT2D eigenvalue weighted by atomic mass is 19.1. The van der Waals surface area contributed by atoms with Crippen LogP contribution in [0.2, 0.25) is 0 Å². The fraction of sp³-hybridized carbons (Fsp3) is 0.625. The van der Waals surface area contributed by atoms with Crippen molar-refractivity contribution in [2.75, 3.05) is 6.61 Å². The monoisotopic (exact) mass is 281 g/mol. The van der Waals surface area contributed by atoms with Crippen LogP contribution in [0.15, 0.2) is 18.2 Å². The van der Waals surface area contributed by atoms with Crippen LogP contribution in [0.25, 0.3) is 0 Å². The minimum absolute atomic E-state index is 0.194. The molecule has 0 aromatic heterocycles. The van der Waals surface area contributed by atoms with Crippen molar-refractivity contribution in [1.29, 1.82) is 0 Å². The zero-order chi connectivity index (χ0) is 14.5. The second-order valence-electron chi connectivity index (χ2n) is 5.82. The van der Waals surface area contributed by atoms with E-state index >= 15 is 0 Å². The van der Waals surface area contributed by atoms with Crippen LogP contribution in [-0.4, -0.2) is 17.8 Å². The first-order valence-corrected chi connectivity index (χ1v) is 7.42. The van der Waals surface area contributed by atoms with E-state index in [1.165, 1.54) is 37.8 Å². The van der Waals surface area contributed by atoms with Crippen LogP contribution in [-0.2, 0) is 0 Å². The lowest BCUT2D eigenvalue weighted by atomic mass is 10.0. The van der Waals surface area contributed by atoms with Crippen molar-refractivity contribution in [2.24, 2.45) is 11.7 Å². The summed E-state index contributed by atoms with van der Waals surface area (Å²) >= 11 is 0. The minimum Gasteiger partial charge on any atom is -0.490 e. The number of aliphatic hydroxyl groups excluding tert-OH is 1. The molecule has 4 heteroatoms. The second kappa shape index (κ2) is 7.04. The van der Waals surface area contributed by atoms with Crippen molar-refractivity contribution in [1.82, 2.24) is 0 Å². The maximum Gasteiger partial charge on any atom is 0.127 e. The largest absolute Gasteiger partial charge is 0.490 e. The Morgan fingerprint density at radius 3 is 2.75 bits per heavy atom. The predicted molar refractivity (Wildman–Crippen MR) is 77.1 cm³/mol. The maximum absolute atomic E-state index is 13.3. The van der Waals surface area contributed by atoms with Crippen molar-refractivity contribution in [3.8, 4) is 5.75 Å². The van der Waals surface area contributed by atoms with Gasteiger partial charge in [-0.2, -0.15) is 0 Å². The van der Waals surface area contributed by atoms with Crippen LogP contribution in [0.4, 0.5) is 4.39 Å². The predicted octanol–water partition coefficient (Wildman–Crippen LogP) is 3.17. The number of hydrogen-bond acceptors (Lipinski definition) is 3. The van der Waals surface area contributed by atoms with Crippen molar-refractivity contribution in [3.05, 3.63) is 29.6 Å². The third kappa shape index (κ3) is 4.18. The van der Waals surface area contributed by atoms with Gasteiger partial charge in [-0.3, -0.25) is 0 Å². The van der Waals surface area contributed by atoms with E-state index in [1.54, 1.807) is 6.07 Å². The summed E-state index contributed by atoms with van der Waals surface area (Å²) in [6.07, 6.45) is 5.18. The van der Waals surface area contributed by atoms with E-state index in [0.717, 1.165) is 12.0 Å². The molecular weight excluding hydrogens is 257 g/mol. The van der Waals surface area contributed by atoms with Crippen molar-refractivity contribution < 1.29 is 14.2 Å². The molecule has 1 unspecified atom stereocenters. The van der Waals surface area contributed by atoms with Gasteiger partial charge in [0, 0.05) is 17.7 Å². The average molecular weight is 281 g/mol. The quantitative estimate of drug-likeness (QED) is 0.842. The lowest BCUT2D eigenvalue weighted by Gasteiger charge is -2.18. The lowest BCUT2D eigenvalue weighted by molar-refractivity contribution is 0.0848. The summed E-state index contributed by atoms with van der Waals surface area (Å²) in [7, 11) is 0. The topological polar surface area (TPSA) is 55.5 Å². The normalized spacial score (nSPS) is 19.0. The number of halogens is 1. The molecule has 0 heterocycles. The highest BCUT2D eigenvalue weighted by Crippen LogP contribution is 2.29. The molecule has 2 rings (SSSR count). The van der Waals surface area contributed by atoms with Crippen LogP contribution in [0.5, 0.6) is 5.75 Å². The molecule has 0 bridgehead atoms. The van der Waals surface area contributed by atoms with E-state index < -0.39 is 6.10 Å². The number of nitrogens with two attached hydrogens (primary N) is 1. The molecule has 1 saturated carbocycles. The van der Waals surface area contributed by atoms with E-state index in [1.807, 2.05) is 6.92 Å². The highest BCUT2D eigenvalue weighted by Gasteiger charge is 2.19. The highest BCUT2D eigenvalue weighted by molar-refractivity contribution is 5.36. The molecule has 0 spiro atoms. The van der Waals surface area contributed by atoms with Gasteiger partial charge in [-0.25, -0.2) is 4.39 Å². The molecule has 1 aliphatic rings. The summed E-state index contributed by atoms with van der Waals surface area (Å²) in [5.74, 6) is 0.689. The summed E-state index contributed by atoms with van der Waals surface area (Å²) in [6, 6.07) is 4.12. The van der Waals surface area contributed by atoms with E-state index in [9.17, 15) is 9.50 Å². The molecule has 1 aromatic carbocycles. The van der Waals surface area contributed by atoms with Crippen molar-refractivity contribution in [3.63, 3.8) is 0 Å². The molecule has 0 radical (unpaired) electrons. The number of rotatable bonds is 6. The molecule has 3 N–H and O–H groups in total. The van der Waals surface area contributed by atoms with E-state index in [0.29, 0.717) is 11.7 Å². The van der Waals surface area contributed by atoms with Gasteiger partial charge in [-0.05, 0) is 25.3 Å².